The number of carboxylic acids is 2. The van der Waals surface area contributed by atoms with Gasteiger partial charge in [0.15, 0.2) is 46.6 Å². The van der Waals surface area contributed by atoms with Crippen LogP contribution in [0.2, 0.25) is 0 Å². The molecular weight excluding hydrogens is 885 g/mol. The maximum Gasteiger partial charge on any atom is 0.362 e. The Bertz CT molecular complexity index is 2420. The molecular formula is C58H80N2O10+2. The summed E-state index contributed by atoms with van der Waals surface area (Å²) in [5.74, 6) is 2.53. The van der Waals surface area contributed by atoms with E-state index in [1.165, 1.54) is 19.3 Å². The van der Waals surface area contributed by atoms with Gasteiger partial charge in [0.2, 0.25) is 5.75 Å². The number of carbonyl (C=O) groups is 2. The Morgan fingerprint density at radius 2 is 1.10 bits per heavy atom. The van der Waals surface area contributed by atoms with Crippen molar-refractivity contribution in [1.29, 1.82) is 0 Å². The highest BCUT2D eigenvalue weighted by Crippen LogP contribution is 2.55. The molecule has 0 spiro atoms. The Hall–Kier alpha value is -5.46. The molecule has 2 N–H and O–H groups in total. The van der Waals surface area contributed by atoms with E-state index in [0.717, 1.165) is 91.2 Å². The van der Waals surface area contributed by atoms with Gasteiger partial charge in [-0.15, -0.1) is 0 Å². The fraction of sp³-hybridized carbons (Fsp3) is 0.552. The molecule has 4 aliphatic rings. The Kier molecular flexibility index (Phi) is 17.7. The first-order valence-corrected chi connectivity index (χ1v) is 26.1. The van der Waals surface area contributed by atoms with E-state index in [2.05, 4.69) is 52.2 Å². The standard InChI is InChI=1S/C58H78N2O10/c1-9-11-13-15-17-19-21-45(57(61)62)59(3)31-29-41-36-50(66-6)52-38-44(41)47(59)33-39-23-26-43(27-24-39)69-51-35-40(25-28-49(51)65-5)34-48-54-42(37-53(67-7)55(68-8)56(54)70-52)30-32-60(48,4)46(58(63)64)22-20-18-16-14-12-10-2/h23-28,35-38,45-48H,9-22,29-34H2,1-8H3/p+2. The highest BCUT2D eigenvalue weighted by Gasteiger charge is 2.51. The summed E-state index contributed by atoms with van der Waals surface area (Å²) in [6.07, 6.45) is 16.2. The van der Waals surface area contributed by atoms with Crippen molar-refractivity contribution in [2.45, 2.75) is 154 Å². The molecule has 4 heterocycles. The first-order chi connectivity index (χ1) is 33.8. The van der Waals surface area contributed by atoms with Crippen molar-refractivity contribution in [2.24, 2.45) is 0 Å². The van der Waals surface area contributed by atoms with Gasteiger partial charge < -0.3 is 47.6 Å². The molecule has 0 aromatic heterocycles. The van der Waals surface area contributed by atoms with Crippen LogP contribution in [-0.2, 0) is 35.3 Å². The third kappa shape index (κ3) is 11.2. The van der Waals surface area contributed by atoms with Crippen molar-refractivity contribution >= 4 is 11.9 Å². The summed E-state index contributed by atoms with van der Waals surface area (Å²) in [5.41, 5.74) is 5.95. The summed E-state index contributed by atoms with van der Waals surface area (Å²) < 4.78 is 39.0. The number of fused-ring (bicyclic) bond motifs is 2. The van der Waals surface area contributed by atoms with Crippen molar-refractivity contribution in [2.75, 3.05) is 55.6 Å². The third-order valence-electron chi connectivity index (χ3n) is 16.1. The Morgan fingerprint density at radius 1 is 0.586 bits per heavy atom. The fourth-order valence-corrected chi connectivity index (χ4v) is 12.0. The van der Waals surface area contributed by atoms with E-state index in [9.17, 15) is 19.8 Å². The van der Waals surface area contributed by atoms with Crippen LogP contribution >= 0.6 is 0 Å². The second-order valence-corrected chi connectivity index (χ2v) is 20.5. The first kappa shape index (κ1) is 52.4. The summed E-state index contributed by atoms with van der Waals surface area (Å²) in [6, 6.07) is 18.2. The zero-order valence-electron chi connectivity index (χ0n) is 43.3. The van der Waals surface area contributed by atoms with E-state index in [0.29, 0.717) is 102 Å². The Labute approximate surface area is 417 Å². The molecule has 0 saturated heterocycles. The number of methoxy groups -OCH3 is 4. The van der Waals surface area contributed by atoms with Crippen LogP contribution in [0.4, 0.5) is 0 Å². The summed E-state index contributed by atoms with van der Waals surface area (Å²) in [6.45, 7) is 5.63. The average molecular weight is 965 g/mol. The van der Waals surface area contributed by atoms with Crippen LogP contribution in [0.15, 0.2) is 60.7 Å². The van der Waals surface area contributed by atoms with Crippen LogP contribution in [0.25, 0.3) is 0 Å². The molecule has 0 fully saturated rings. The lowest BCUT2D eigenvalue weighted by Crippen LogP contribution is -2.61. The molecule has 6 atom stereocenters. The van der Waals surface area contributed by atoms with Crippen LogP contribution in [0, 0.1) is 0 Å². The van der Waals surface area contributed by atoms with Gasteiger partial charge in [0, 0.05) is 44.1 Å². The monoisotopic (exact) mass is 965 g/mol. The number of aliphatic carboxylic acids is 2. The molecule has 4 aromatic rings. The lowest BCUT2D eigenvalue weighted by Gasteiger charge is -2.49. The normalized spacial score (nSPS) is 21.2. The first-order valence-electron chi connectivity index (χ1n) is 26.1. The van der Waals surface area contributed by atoms with Gasteiger partial charge in [0.05, 0.1) is 61.2 Å². The predicted octanol–water partition coefficient (Wildman–Crippen LogP) is 12.6. The quantitative estimate of drug-likeness (QED) is 0.0580. The molecule has 6 unspecified atom stereocenters. The van der Waals surface area contributed by atoms with E-state index >= 15 is 0 Å². The summed E-state index contributed by atoms with van der Waals surface area (Å²) in [4.78, 5) is 27.3. The molecule has 12 heteroatoms. The molecule has 0 aliphatic carbocycles. The molecule has 6 bridgehead atoms. The zero-order valence-corrected chi connectivity index (χ0v) is 43.3. The van der Waals surface area contributed by atoms with Crippen molar-refractivity contribution < 1.29 is 57.2 Å². The topological polar surface area (TPSA) is 130 Å². The molecule has 0 radical (unpaired) electrons. The average Bonchev–Trinajstić information content (AvgIpc) is 3.35. The van der Waals surface area contributed by atoms with Gasteiger partial charge in [-0.25, -0.2) is 9.59 Å². The van der Waals surface area contributed by atoms with Crippen LogP contribution < -0.4 is 28.4 Å². The van der Waals surface area contributed by atoms with Crippen molar-refractivity contribution in [3.05, 3.63) is 94.0 Å². The number of carboxylic acid groups (broad SMARTS) is 2. The number of quaternary nitrogens is 2. The molecule has 4 aromatic carbocycles. The minimum absolute atomic E-state index is 0.237. The second kappa shape index (κ2) is 23.6. The van der Waals surface area contributed by atoms with Crippen LogP contribution in [0.3, 0.4) is 0 Å². The molecule has 0 saturated carbocycles. The van der Waals surface area contributed by atoms with Gasteiger partial charge in [0.1, 0.15) is 17.8 Å². The van der Waals surface area contributed by atoms with Crippen molar-refractivity contribution in [1.82, 2.24) is 0 Å². The minimum atomic E-state index is -0.816. The summed E-state index contributed by atoms with van der Waals surface area (Å²) in [7, 11) is 10.7. The molecule has 4 aliphatic heterocycles. The molecule has 380 valence electrons. The van der Waals surface area contributed by atoms with Gasteiger partial charge in [-0.1, -0.05) is 96.3 Å². The van der Waals surface area contributed by atoms with E-state index in [1.54, 1.807) is 28.4 Å². The second-order valence-electron chi connectivity index (χ2n) is 20.5. The zero-order chi connectivity index (χ0) is 50.0. The summed E-state index contributed by atoms with van der Waals surface area (Å²) >= 11 is 0. The number of hydrogen-bond acceptors (Lipinski definition) is 8. The molecule has 12 nitrogen and oxygen atoms in total. The fourth-order valence-electron chi connectivity index (χ4n) is 12.0. The number of ether oxygens (including phenoxy) is 6. The van der Waals surface area contributed by atoms with Gasteiger partial charge in [-0.3, -0.25) is 0 Å². The minimum Gasteiger partial charge on any atom is -0.493 e. The highest BCUT2D eigenvalue weighted by atomic mass is 16.5. The van der Waals surface area contributed by atoms with Crippen LogP contribution in [0.1, 0.15) is 149 Å². The van der Waals surface area contributed by atoms with E-state index in [-0.39, 0.29) is 10.5 Å². The highest BCUT2D eigenvalue weighted by molar-refractivity contribution is 5.73. The van der Waals surface area contributed by atoms with Crippen LogP contribution in [-0.4, -0.2) is 98.8 Å². The van der Waals surface area contributed by atoms with E-state index in [4.69, 9.17) is 28.4 Å². The third-order valence-corrected chi connectivity index (χ3v) is 16.1. The van der Waals surface area contributed by atoms with Crippen LogP contribution in [0.5, 0.6) is 46.0 Å². The lowest BCUT2D eigenvalue weighted by atomic mass is 9.83. The Balaban J connectivity index is 1.44. The van der Waals surface area contributed by atoms with E-state index < -0.39 is 30.1 Å². The Morgan fingerprint density at radius 3 is 1.67 bits per heavy atom. The van der Waals surface area contributed by atoms with Gasteiger partial charge in [0.25, 0.3) is 0 Å². The maximum atomic E-state index is 13.7. The lowest BCUT2D eigenvalue weighted by molar-refractivity contribution is -0.956. The largest absolute Gasteiger partial charge is 0.493 e. The number of nitrogens with zero attached hydrogens (tertiary/aromatic N) is 2. The SMILES string of the molecule is CCCCCCCCC(C(=O)O)[N+]1(C)CCc2cc(OC)c3cc2C1Cc1ccc(cc1)Oc1cc(ccc1OC)CC1c2c(cc(OC)c(OC)c2O3)CC[N+]1(C)C(CCCCCCCC)C(=O)O. The number of rotatable bonds is 22. The smallest absolute Gasteiger partial charge is 0.362 e. The van der Waals surface area contributed by atoms with Gasteiger partial charge in [-0.05, 0) is 77.6 Å². The van der Waals surface area contributed by atoms with Gasteiger partial charge in [-0.2, -0.15) is 0 Å². The summed E-state index contributed by atoms with van der Waals surface area (Å²) in [5, 5.41) is 22.4. The number of hydrogen-bond donors (Lipinski definition) is 2. The molecule has 0 amide bonds. The molecule has 8 rings (SSSR count). The number of benzene rings is 4. The predicted molar refractivity (Wildman–Crippen MR) is 273 cm³/mol. The molecule has 70 heavy (non-hydrogen) atoms. The van der Waals surface area contributed by atoms with E-state index in [1.807, 2.05) is 36.4 Å². The number of unbranched alkanes of at least 4 members (excludes halogenated alkanes) is 10. The van der Waals surface area contributed by atoms with Crippen molar-refractivity contribution in [3.8, 4) is 46.0 Å². The number of likely N-dealkylation sites (N-methyl/N-ethyl adjacent to an activating group) is 2. The maximum absolute atomic E-state index is 13.7. The van der Waals surface area contributed by atoms with Gasteiger partial charge >= 0.3 is 11.9 Å². The van der Waals surface area contributed by atoms with Crippen molar-refractivity contribution in [3.63, 3.8) is 0 Å².